The number of hydrogen-bond donors (Lipinski definition) is 1. The molecular weight excluding hydrogens is 435 g/mol. The minimum absolute atomic E-state index is 0.267. The summed E-state index contributed by atoms with van der Waals surface area (Å²) in [5.74, 6) is -2.98. The van der Waals surface area contributed by atoms with E-state index in [1.807, 2.05) is 6.07 Å². The van der Waals surface area contributed by atoms with Crippen LogP contribution >= 0.6 is 0 Å². The van der Waals surface area contributed by atoms with Crippen molar-refractivity contribution < 1.29 is 27.4 Å². The van der Waals surface area contributed by atoms with E-state index < -0.39 is 30.2 Å². The normalized spacial score (nSPS) is 10.8. The van der Waals surface area contributed by atoms with Gasteiger partial charge in [-0.1, -0.05) is 6.07 Å². The van der Waals surface area contributed by atoms with Crippen LogP contribution in [-0.4, -0.2) is 23.0 Å². The molecule has 33 heavy (non-hydrogen) atoms. The number of carbonyl (C=O) groups is 1. The Balaban J connectivity index is 1.57. The SMILES string of the molecule is COc1ccc2c(Oc3cccc(C(=O)NCc4cc(F)nc(F)c4F)c3C)ccnc2c1. The van der Waals surface area contributed by atoms with Crippen molar-refractivity contribution in [2.45, 2.75) is 13.5 Å². The molecule has 6 nitrogen and oxygen atoms in total. The van der Waals surface area contributed by atoms with Gasteiger partial charge in [0, 0.05) is 47.0 Å². The lowest BCUT2D eigenvalue weighted by molar-refractivity contribution is 0.0949. The molecule has 2 aromatic carbocycles. The summed E-state index contributed by atoms with van der Waals surface area (Å²) in [6.45, 7) is 1.28. The van der Waals surface area contributed by atoms with Crippen molar-refractivity contribution in [1.82, 2.24) is 15.3 Å². The van der Waals surface area contributed by atoms with E-state index in [-0.39, 0.29) is 11.1 Å². The number of fused-ring (bicyclic) bond motifs is 1. The van der Waals surface area contributed by atoms with Crippen molar-refractivity contribution in [1.29, 1.82) is 0 Å². The molecule has 1 N–H and O–H groups in total. The minimum atomic E-state index is -1.56. The Hall–Kier alpha value is -4.14. The maximum atomic E-state index is 13.8. The summed E-state index contributed by atoms with van der Waals surface area (Å²) in [6.07, 6.45) is 1.60. The first kappa shape index (κ1) is 22.1. The van der Waals surface area contributed by atoms with E-state index in [9.17, 15) is 18.0 Å². The van der Waals surface area contributed by atoms with Crippen LogP contribution in [0.3, 0.4) is 0 Å². The number of benzene rings is 2. The van der Waals surface area contributed by atoms with E-state index >= 15 is 0 Å². The van der Waals surface area contributed by atoms with Gasteiger partial charge in [-0.05, 0) is 37.3 Å². The van der Waals surface area contributed by atoms with Crippen LogP contribution in [0.15, 0.2) is 54.7 Å². The number of nitrogens with zero attached hydrogens (tertiary/aromatic N) is 2. The lowest BCUT2D eigenvalue weighted by atomic mass is 10.1. The Morgan fingerprint density at radius 1 is 1.06 bits per heavy atom. The van der Waals surface area contributed by atoms with E-state index in [1.165, 1.54) is 0 Å². The van der Waals surface area contributed by atoms with Gasteiger partial charge in [0.25, 0.3) is 11.9 Å². The standard InChI is InChI=1S/C24H18F3N3O3/c1-13-16(24(31)29-12-14-10-21(25)30-23(27)22(14)26)4-3-5-19(13)33-20-8-9-28-18-11-15(32-2)6-7-17(18)20/h3-11H,12H2,1-2H3,(H,29,31). The van der Waals surface area contributed by atoms with E-state index in [0.29, 0.717) is 28.3 Å². The molecule has 2 heterocycles. The zero-order chi connectivity index (χ0) is 23.5. The third kappa shape index (κ3) is 4.57. The molecule has 0 saturated carbocycles. The lowest BCUT2D eigenvalue weighted by Gasteiger charge is -2.14. The number of aromatic nitrogens is 2. The molecule has 4 rings (SSSR count). The Morgan fingerprint density at radius 2 is 1.88 bits per heavy atom. The minimum Gasteiger partial charge on any atom is -0.497 e. The molecule has 0 unspecified atom stereocenters. The van der Waals surface area contributed by atoms with Gasteiger partial charge >= 0.3 is 0 Å². The third-order valence-electron chi connectivity index (χ3n) is 5.06. The number of amides is 1. The van der Waals surface area contributed by atoms with Crippen molar-refractivity contribution in [2.24, 2.45) is 0 Å². The second-order valence-corrected chi connectivity index (χ2v) is 7.11. The Morgan fingerprint density at radius 3 is 2.67 bits per heavy atom. The van der Waals surface area contributed by atoms with Gasteiger partial charge in [0.2, 0.25) is 5.95 Å². The van der Waals surface area contributed by atoms with Gasteiger partial charge in [-0.2, -0.15) is 13.8 Å². The molecule has 1 amide bonds. The van der Waals surface area contributed by atoms with Crippen molar-refractivity contribution in [2.75, 3.05) is 7.11 Å². The molecule has 0 atom stereocenters. The topological polar surface area (TPSA) is 73.3 Å². The molecule has 0 radical (unpaired) electrons. The summed E-state index contributed by atoms with van der Waals surface area (Å²) in [6, 6.07) is 12.7. The van der Waals surface area contributed by atoms with Gasteiger partial charge in [0.05, 0.1) is 12.6 Å². The van der Waals surface area contributed by atoms with Crippen LogP contribution in [0.5, 0.6) is 17.2 Å². The monoisotopic (exact) mass is 453 g/mol. The Kier molecular flexibility index (Phi) is 6.12. The van der Waals surface area contributed by atoms with Crippen LogP contribution in [-0.2, 0) is 6.54 Å². The molecule has 0 bridgehead atoms. The maximum Gasteiger partial charge on any atom is 0.251 e. The molecule has 0 fully saturated rings. The molecule has 0 saturated heterocycles. The zero-order valence-electron chi connectivity index (χ0n) is 17.7. The van der Waals surface area contributed by atoms with E-state index in [4.69, 9.17) is 9.47 Å². The van der Waals surface area contributed by atoms with Crippen molar-refractivity contribution in [3.05, 3.63) is 89.1 Å². The fourth-order valence-electron chi connectivity index (χ4n) is 3.32. The van der Waals surface area contributed by atoms with Gasteiger partial charge < -0.3 is 14.8 Å². The lowest BCUT2D eigenvalue weighted by Crippen LogP contribution is -2.24. The number of nitrogens with one attached hydrogen (secondary N) is 1. The van der Waals surface area contributed by atoms with E-state index in [2.05, 4.69) is 15.3 Å². The number of hydrogen-bond acceptors (Lipinski definition) is 5. The number of halogens is 3. The summed E-state index contributed by atoms with van der Waals surface area (Å²) < 4.78 is 51.7. The van der Waals surface area contributed by atoms with Gasteiger partial charge in [0.1, 0.15) is 17.2 Å². The first-order chi connectivity index (χ1) is 15.9. The van der Waals surface area contributed by atoms with Crippen LogP contribution < -0.4 is 14.8 Å². The maximum absolute atomic E-state index is 13.8. The molecule has 0 aliphatic rings. The molecule has 9 heteroatoms. The van der Waals surface area contributed by atoms with Gasteiger partial charge in [-0.25, -0.2) is 4.39 Å². The largest absolute Gasteiger partial charge is 0.497 e. The Bertz CT molecular complexity index is 1360. The van der Waals surface area contributed by atoms with Crippen molar-refractivity contribution >= 4 is 16.8 Å². The smallest absolute Gasteiger partial charge is 0.251 e. The summed E-state index contributed by atoms with van der Waals surface area (Å²) in [5, 5.41) is 3.22. The number of methoxy groups -OCH3 is 1. The molecular formula is C24H18F3N3O3. The molecule has 2 aromatic heterocycles. The number of carbonyl (C=O) groups excluding carboxylic acids is 1. The number of ether oxygens (including phenoxy) is 2. The van der Waals surface area contributed by atoms with Crippen LogP contribution in [0.2, 0.25) is 0 Å². The summed E-state index contributed by atoms with van der Waals surface area (Å²) in [7, 11) is 1.57. The highest BCUT2D eigenvalue weighted by Crippen LogP contribution is 2.33. The quantitative estimate of drug-likeness (QED) is 0.412. The fourth-order valence-corrected chi connectivity index (χ4v) is 3.32. The summed E-state index contributed by atoms with van der Waals surface area (Å²) in [4.78, 5) is 19.8. The number of rotatable bonds is 6. The van der Waals surface area contributed by atoms with Crippen LogP contribution in [0.4, 0.5) is 13.2 Å². The van der Waals surface area contributed by atoms with Crippen molar-refractivity contribution in [3.63, 3.8) is 0 Å². The average molecular weight is 453 g/mol. The summed E-state index contributed by atoms with van der Waals surface area (Å²) in [5.41, 5.74) is 1.12. The van der Waals surface area contributed by atoms with Crippen LogP contribution in [0, 0.1) is 24.6 Å². The first-order valence-electron chi connectivity index (χ1n) is 9.86. The summed E-state index contributed by atoms with van der Waals surface area (Å²) >= 11 is 0. The second-order valence-electron chi connectivity index (χ2n) is 7.11. The first-order valence-corrected chi connectivity index (χ1v) is 9.86. The van der Waals surface area contributed by atoms with Crippen LogP contribution in [0.1, 0.15) is 21.5 Å². The molecule has 0 aliphatic carbocycles. The molecule has 168 valence electrons. The van der Waals surface area contributed by atoms with Gasteiger partial charge in [-0.3, -0.25) is 9.78 Å². The number of pyridine rings is 2. The predicted molar refractivity (Wildman–Crippen MR) is 115 cm³/mol. The average Bonchev–Trinajstić information content (AvgIpc) is 2.81. The van der Waals surface area contributed by atoms with Gasteiger partial charge in [-0.15, -0.1) is 0 Å². The third-order valence-corrected chi connectivity index (χ3v) is 5.06. The second kappa shape index (κ2) is 9.15. The molecule has 0 aliphatic heterocycles. The molecule has 0 spiro atoms. The predicted octanol–water partition coefficient (Wildman–Crippen LogP) is 5.09. The van der Waals surface area contributed by atoms with Crippen molar-refractivity contribution in [3.8, 4) is 17.2 Å². The highest BCUT2D eigenvalue weighted by Gasteiger charge is 2.17. The molecule has 4 aromatic rings. The zero-order valence-corrected chi connectivity index (χ0v) is 17.7. The fraction of sp³-hybridized carbons (Fsp3) is 0.125. The van der Waals surface area contributed by atoms with Gasteiger partial charge in [0.15, 0.2) is 5.82 Å². The highest BCUT2D eigenvalue weighted by atomic mass is 19.2. The van der Waals surface area contributed by atoms with E-state index in [1.54, 1.807) is 56.6 Å². The highest BCUT2D eigenvalue weighted by molar-refractivity contribution is 5.96. The van der Waals surface area contributed by atoms with Crippen LogP contribution in [0.25, 0.3) is 10.9 Å². The van der Waals surface area contributed by atoms with E-state index in [0.717, 1.165) is 11.5 Å². The Labute approximate surface area is 187 Å².